The lowest BCUT2D eigenvalue weighted by Crippen LogP contribution is -2.67. The van der Waals surface area contributed by atoms with Crippen molar-refractivity contribution in [1.29, 1.82) is 0 Å². The van der Waals surface area contributed by atoms with Crippen LogP contribution in [0.5, 0.6) is 0 Å². The molecule has 10 heavy (non-hydrogen) atoms. The van der Waals surface area contributed by atoms with Crippen molar-refractivity contribution in [3.8, 4) is 0 Å². The minimum atomic E-state index is -0.380. The first-order chi connectivity index (χ1) is 4.31. The predicted octanol–water partition coefficient (Wildman–Crippen LogP) is 0.774. The van der Waals surface area contributed by atoms with Crippen molar-refractivity contribution in [3.05, 3.63) is 0 Å². The molecule has 60 valence electrons. The molecule has 1 saturated carbocycles. The summed E-state index contributed by atoms with van der Waals surface area (Å²) in [7, 11) is 0. The van der Waals surface area contributed by atoms with E-state index in [0.29, 0.717) is 0 Å². The van der Waals surface area contributed by atoms with Gasteiger partial charge >= 0.3 is 0 Å². The first-order valence-electron chi connectivity index (χ1n) is 3.67. The summed E-state index contributed by atoms with van der Waals surface area (Å²) in [4.78, 5) is 0. The summed E-state index contributed by atoms with van der Waals surface area (Å²) >= 11 is 0. The van der Waals surface area contributed by atoms with E-state index in [0.717, 1.165) is 0 Å². The summed E-state index contributed by atoms with van der Waals surface area (Å²) in [6.07, 6.45) is -0.759. The van der Waals surface area contributed by atoms with E-state index in [1.54, 1.807) is 0 Å². The van der Waals surface area contributed by atoms with Gasteiger partial charge in [0.2, 0.25) is 0 Å². The molecule has 0 heterocycles. The van der Waals surface area contributed by atoms with Crippen LogP contribution in [-0.4, -0.2) is 22.4 Å². The van der Waals surface area contributed by atoms with Gasteiger partial charge in [0.25, 0.3) is 0 Å². The molecule has 1 aliphatic carbocycles. The molecule has 1 fully saturated rings. The van der Waals surface area contributed by atoms with Gasteiger partial charge in [0.05, 0.1) is 12.2 Å². The number of rotatable bonds is 0. The highest BCUT2D eigenvalue weighted by Gasteiger charge is 2.60. The molecule has 0 bridgehead atoms. The average molecular weight is 144 g/mol. The molecule has 0 radical (unpaired) electrons. The standard InChI is InChI=1S/C8H16O2/c1-7(2)5(9)8(3,4)6(7)10/h5-6,9-10H,1-4H3/t5-,6+. The summed E-state index contributed by atoms with van der Waals surface area (Å²) in [5.41, 5.74) is -0.632. The van der Waals surface area contributed by atoms with E-state index in [1.165, 1.54) is 0 Å². The maximum atomic E-state index is 9.51. The predicted molar refractivity (Wildman–Crippen MR) is 39.6 cm³/mol. The molecule has 2 N–H and O–H groups in total. The van der Waals surface area contributed by atoms with Gasteiger partial charge in [0.1, 0.15) is 0 Å². The van der Waals surface area contributed by atoms with E-state index >= 15 is 0 Å². The van der Waals surface area contributed by atoms with Crippen LogP contribution in [0.15, 0.2) is 0 Å². The Hall–Kier alpha value is -0.0800. The molecule has 1 rings (SSSR count). The first kappa shape index (κ1) is 8.02. The Morgan fingerprint density at radius 2 is 1.00 bits per heavy atom. The highest BCUT2D eigenvalue weighted by Crippen LogP contribution is 2.53. The van der Waals surface area contributed by atoms with Crippen LogP contribution in [0.1, 0.15) is 27.7 Å². The molecule has 0 aromatic carbocycles. The van der Waals surface area contributed by atoms with Crippen molar-refractivity contribution >= 4 is 0 Å². The fraction of sp³-hybridized carbons (Fsp3) is 1.00. The molecule has 0 spiro atoms. The lowest BCUT2D eigenvalue weighted by molar-refractivity contribution is -0.247. The minimum absolute atomic E-state index is 0.316. The van der Waals surface area contributed by atoms with Gasteiger partial charge in [0, 0.05) is 10.8 Å². The van der Waals surface area contributed by atoms with Crippen LogP contribution < -0.4 is 0 Å². The highest BCUT2D eigenvalue weighted by molar-refractivity contribution is 5.09. The zero-order valence-corrected chi connectivity index (χ0v) is 7.05. The van der Waals surface area contributed by atoms with E-state index in [2.05, 4.69) is 0 Å². The maximum Gasteiger partial charge on any atom is 0.0691 e. The van der Waals surface area contributed by atoms with Crippen molar-refractivity contribution < 1.29 is 10.2 Å². The third-order valence-electron chi connectivity index (χ3n) is 2.82. The van der Waals surface area contributed by atoms with Crippen LogP contribution in [0.4, 0.5) is 0 Å². The molecular formula is C8H16O2. The molecule has 0 saturated heterocycles. The summed E-state index contributed by atoms with van der Waals surface area (Å²) in [5.74, 6) is 0. The van der Waals surface area contributed by atoms with Crippen LogP contribution in [-0.2, 0) is 0 Å². The van der Waals surface area contributed by atoms with Crippen molar-refractivity contribution in [3.63, 3.8) is 0 Å². The Morgan fingerprint density at radius 3 is 1.10 bits per heavy atom. The third kappa shape index (κ3) is 0.663. The van der Waals surface area contributed by atoms with Crippen LogP contribution in [0, 0.1) is 10.8 Å². The number of hydrogen-bond donors (Lipinski definition) is 2. The largest absolute Gasteiger partial charge is 0.392 e. The quantitative estimate of drug-likeness (QED) is 0.527. The normalized spacial score (nSPS) is 42.6. The van der Waals surface area contributed by atoms with Gasteiger partial charge in [-0.3, -0.25) is 0 Å². The zero-order valence-electron chi connectivity index (χ0n) is 7.05. The van der Waals surface area contributed by atoms with E-state index in [4.69, 9.17) is 0 Å². The Balaban J connectivity index is 2.78. The van der Waals surface area contributed by atoms with Crippen molar-refractivity contribution in [2.45, 2.75) is 39.9 Å². The summed E-state index contributed by atoms with van der Waals surface area (Å²) in [5, 5.41) is 19.0. The SMILES string of the molecule is CC1(C)[C@H](O)C(C)(C)[C@@H]1O. The molecular weight excluding hydrogens is 128 g/mol. The number of hydrogen-bond acceptors (Lipinski definition) is 2. The molecule has 0 aromatic heterocycles. The van der Waals surface area contributed by atoms with Gasteiger partial charge in [-0.1, -0.05) is 27.7 Å². The van der Waals surface area contributed by atoms with Gasteiger partial charge in [-0.15, -0.1) is 0 Å². The molecule has 0 aliphatic heterocycles. The van der Waals surface area contributed by atoms with Crippen LogP contribution >= 0.6 is 0 Å². The lowest BCUT2D eigenvalue weighted by atomic mass is 9.51. The highest BCUT2D eigenvalue weighted by atomic mass is 16.3. The Bertz CT molecular complexity index is 119. The number of aliphatic hydroxyl groups is 2. The molecule has 0 amide bonds. The molecule has 0 unspecified atom stereocenters. The fourth-order valence-electron chi connectivity index (χ4n) is 2.12. The summed E-state index contributed by atoms with van der Waals surface area (Å²) < 4.78 is 0. The van der Waals surface area contributed by atoms with Gasteiger partial charge in [-0.25, -0.2) is 0 Å². The second kappa shape index (κ2) is 1.74. The van der Waals surface area contributed by atoms with Crippen LogP contribution in [0.25, 0.3) is 0 Å². The van der Waals surface area contributed by atoms with E-state index in [-0.39, 0.29) is 23.0 Å². The number of aliphatic hydroxyl groups excluding tert-OH is 2. The molecule has 2 heteroatoms. The maximum absolute atomic E-state index is 9.51. The van der Waals surface area contributed by atoms with E-state index < -0.39 is 0 Å². The van der Waals surface area contributed by atoms with Gasteiger partial charge in [-0.05, 0) is 0 Å². The molecule has 1 aliphatic rings. The summed E-state index contributed by atoms with van der Waals surface area (Å²) in [6.45, 7) is 7.53. The second-order valence-corrected chi connectivity index (χ2v) is 4.45. The molecule has 0 atom stereocenters. The first-order valence-corrected chi connectivity index (χ1v) is 3.67. The monoisotopic (exact) mass is 144 g/mol. The Labute approximate surface area is 61.9 Å². The lowest BCUT2D eigenvalue weighted by Gasteiger charge is -2.59. The van der Waals surface area contributed by atoms with Crippen molar-refractivity contribution in [2.75, 3.05) is 0 Å². The molecule has 2 nitrogen and oxygen atoms in total. The van der Waals surface area contributed by atoms with Crippen molar-refractivity contribution in [2.24, 2.45) is 10.8 Å². The zero-order chi connectivity index (χ0) is 8.15. The Morgan fingerprint density at radius 1 is 0.800 bits per heavy atom. The van der Waals surface area contributed by atoms with Crippen LogP contribution in [0.3, 0.4) is 0 Å². The topological polar surface area (TPSA) is 40.5 Å². The van der Waals surface area contributed by atoms with Gasteiger partial charge in [0.15, 0.2) is 0 Å². The van der Waals surface area contributed by atoms with Crippen LogP contribution in [0.2, 0.25) is 0 Å². The third-order valence-corrected chi connectivity index (χ3v) is 2.82. The minimum Gasteiger partial charge on any atom is -0.392 e. The average Bonchev–Trinajstić information content (AvgIpc) is 1.84. The summed E-state index contributed by atoms with van der Waals surface area (Å²) in [6, 6.07) is 0. The smallest absolute Gasteiger partial charge is 0.0691 e. The second-order valence-electron chi connectivity index (χ2n) is 4.45. The van der Waals surface area contributed by atoms with E-state index in [9.17, 15) is 10.2 Å². The van der Waals surface area contributed by atoms with Crippen molar-refractivity contribution in [1.82, 2.24) is 0 Å². The van der Waals surface area contributed by atoms with E-state index in [1.807, 2.05) is 27.7 Å². The van der Waals surface area contributed by atoms with Gasteiger partial charge < -0.3 is 10.2 Å². The fourth-order valence-corrected chi connectivity index (χ4v) is 2.12. The molecule has 0 aromatic rings. The van der Waals surface area contributed by atoms with Gasteiger partial charge in [-0.2, -0.15) is 0 Å². The Kier molecular flexibility index (Phi) is 1.40.